The van der Waals surface area contributed by atoms with E-state index in [1.54, 1.807) is 13.3 Å². The van der Waals surface area contributed by atoms with Gasteiger partial charge in [-0.2, -0.15) is 5.10 Å². The maximum Gasteiger partial charge on any atom is 0.322 e. The van der Waals surface area contributed by atoms with Crippen LogP contribution in [0.3, 0.4) is 0 Å². The molecule has 0 saturated carbocycles. The Morgan fingerprint density at radius 2 is 2.59 bits per heavy atom. The van der Waals surface area contributed by atoms with Crippen LogP contribution in [-0.2, 0) is 9.53 Å². The maximum atomic E-state index is 11.2. The number of nitrogens with two attached hydrogens (primary N) is 1. The van der Waals surface area contributed by atoms with Crippen LogP contribution in [0.25, 0.3) is 0 Å². The lowest BCUT2D eigenvalue weighted by molar-refractivity contribution is -0.142. The zero-order valence-corrected chi connectivity index (χ0v) is 10.2. The molecule has 0 bridgehead atoms. The molecule has 5 heteroatoms. The van der Waals surface area contributed by atoms with E-state index >= 15 is 0 Å². The van der Waals surface area contributed by atoms with Gasteiger partial charge in [-0.1, -0.05) is 18.2 Å². The predicted molar refractivity (Wildman–Crippen MR) is 67.5 cm³/mol. The molecular formula is C12H19N3O2. The lowest BCUT2D eigenvalue weighted by atomic mass is 9.91. The molecule has 1 unspecified atom stereocenters. The van der Waals surface area contributed by atoms with Crippen molar-refractivity contribution in [3.8, 4) is 0 Å². The first-order valence-electron chi connectivity index (χ1n) is 5.59. The van der Waals surface area contributed by atoms with E-state index in [1.165, 1.54) is 7.11 Å². The summed E-state index contributed by atoms with van der Waals surface area (Å²) in [6.07, 6.45) is 9.35. The van der Waals surface area contributed by atoms with Crippen LogP contribution < -0.4 is 11.2 Å². The van der Waals surface area contributed by atoms with Gasteiger partial charge in [0.1, 0.15) is 6.04 Å². The molecule has 0 saturated heterocycles. The second kappa shape index (κ2) is 6.85. The number of allylic oxidation sites excluding steroid dienone is 4. The summed E-state index contributed by atoms with van der Waals surface area (Å²) in [6.45, 7) is 0. The van der Waals surface area contributed by atoms with Gasteiger partial charge in [-0.15, -0.1) is 0 Å². The van der Waals surface area contributed by atoms with E-state index in [0.29, 0.717) is 6.42 Å². The van der Waals surface area contributed by atoms with Gasteiger partial charge in [-0.3, -0.25) is 4.79 Å². The maximum absolute atomic E-state index is 11.2. The highest BCUT2D eigenvalue weighted by Gasteiger charge is 2.18. The van der Waals surface area contributed by atoms with Crippen molar-refractivity contribution in [2.45, 2.75) is 18.9 Å². The molecule has 1 rings (SSSR count). The first kappa shape index (κ1) is 13.4. The Labute approximate surface area is 101 Å². The van der Waals surface area contributed by atoms with Crippen LogP contribution in [0.2, 0.25) is 0 Å². The van der Waals surface area contributed by atoms with Gasteiger partial charge < -0.3 is 15.9 Å². The molecular weight excluding hydrogens is 218 g/mol. The highest BCUT2D eigenvalue weighted by molar-refractivity contribution is 5.82. The standard InChI is InChI=1S/C12H19N3O2/c1-14-15-8-10-5-3-9(4-6-10)7-11(13)12(16)17-2/h3,5-6,8-9,11,14H,4,7,13H2,1-2H3/b15-8+/t9?,11-/m0/s1. The van der Waals surface area contributed by atoms with Crippen LogP contribution in [0.1, 0.15) is 12.8 Å². The number of nitrogens with one attached hydrogen (secondary N) is 1. The summed E-state index contributed by atoms with van der Waals surface area (Å²) < 4.78 is 4.59. The smallest absolute Gasteiger partial charge is 0.322 e. The summed E-state index contributed by atoms with van der Waals surface area (Å²) in [5, 5.41) is 3.93. The Morgan fingerprint density at radius 3 is 3.12 bits per heavy atom. The summed E-state index contributed by atoms with van der Waals surface area (Å²) in [7, 11) is 3.10. The predicted octanol–water partition coefficient (Wildman–Crippen LogP) is 0.584. The van der Waals surface area contributed by atoms with E-state index in [2.05, 4.69) is 27.4 Å². The van der Waals surface area contributed by atoms with Gasteiger partial charge in [0.2, 0.25) is 0 Å². The quantitative estimate of drug-likeness (QED) is 0.417. The van der Waals surface area contributed by atoms with Crippen molar-refractivity contribution in [2.24, 2.45) is 16.8 Å². The second-order valence-electron chi connectivity index (χ2n) is 3.91. The number of carbonyl (C=O) groups is 1. The number of ether oxygens (including phenoxy) is 1. The Kier molecular flexibility index (Phi) is 5.42. The van der Waals surface area contributed by atoms with Gasteiger partial charge in [0.05, 0.1) is 13.3 Å². The highest BCUT2D eigenvalue weighted by atomic mass is 16.5. The number of rotatable bonds is 5. The fourth-order valence-electron chi connectivity index (χ4n) is 1.66. The van der Waals surface area contributed by atoms with E-state index in [0.717, 1.165) is 12.0 Å². The van der Waals surface area contributed by atoms with Crippen molar-refractivity contribution < 1.29 is 9.53 Å². The van der Waals surface area contributed by atoms with E-state index in [1.807, 2.05) is 6.08 Å². The van der Waals surface area contributed by atoms with Crippen molar-refractivity contribution >= 4 is 12.2 Å². The van der Waals surface area contributed by atoms with Gasteiger partial charge in [0, 0.05) is 7.05 Å². The molecule has 0 amide bonds. The average molecular weight is 237 g/mol. The zero-order valence-electron chi connectivity index (χ0n) is 10.2. The third-order valence-electron chi connectivity index (χ3n) is 2.62. The average Bonchev–Trinajstić information content (AvgIpc) is 2.37. The second-order valence-corrected chi connectivity index (χ2v) is 3.91. The largest absolute Gasteiger partial charge is 0.468 e. The summed E-state index contributed by atoms with van der Waals surface area (Å²) in [5.74, 6) is -0.0687. The number of carbonyl (C=O) groups excluding carboxylic acids is 1. The van der Waals surface area contributed by atoms with Crippen molar-refractivity contribution in [1.82, 2.24) is 5.43 Å². The molecule has 0 spiro atoms. The number of hydrogen-bond donors (Lipinski definition) is 2. The summed E-state index contributed by atoms with van der Waals surface area (Å²) in [5.41, 5.74) is 9.46. The van der Waals surface area contributed by atoms with Crippen LogP contribution in [-0.4, -0.2) is 32.4 Å². The molecule has 1 aliphatic carbocycles. The van der Waals surface area contributed by atoms with Gasteiger partial charge in [0.25, 0.3) is 0 Å². The van der Waals surface area contributed by atoms with E-state index in [9.17, 15) is 4.79 Å². The van der Waals surface area contributed by atoms with Crippen LogP contribution >= 0.6 is 0 Å². The molecule has 0 radical (unpaired) electrons. The Morgan fingerprint density at radius 1 is 1.82 bits per heavy atom. The van der Waals surface area contributed by atoms with E-state index < -0.39 is 6.04 Å². The number of hydrogen-bond acceptors (Lipinski definition) is 5. The van der Waals surface area contributed by atoms with Gasteiger partial charge >= 0.3 is 5.97 Å². The molecule has 1 aliphatic rings. The first-order valence-corrected chi connectivity index (χ1v) is 5.59. The molecule has 0 aromatic heterocycles. The topological polar surface area (TPSA) is 76.7 Å². The minimum absolute atomic E-state index is 0.288. The molecule has 3 N–H and O–H groups in total. The minimum atomic E-state index is -0.546. The summed E-state index contributed by atoms with van der Waals surface area (Å²) >= 11 is 0. The van der Waals surface area contributed by atoms with Crippen molar-refractivity contribution in [1.29, 1.82) is 0 Å². The number of hydrazone groups is 1. The van der Waals surface area contributed by atoms with Gasteiger partial charge in [-0.05, 0) is 24.3 Å². The molecule has 0 aromatic carbocycles. The summed E-state index contributed by atoms with van der Waals surface area (Å²) in [4.78, 5) is 11.2. The first-order chi connectivity index (χ1) is 8.17. The van der Waals surface area contributed by atoms with Gasteiger partial charge in [0.15, 0.2) is 0 Å². The molecule has 2 atom stereocenters. The monoisotopic (exact) mass is 237 g/mol. The molecule has 0 aromatic rings. The van der Waals surface area contributed by atoms with Crippen molar-refractivity contribution in [3.05, 3.63) is 23.8 Å². The Bertz CT molecular complexity index is 348. The van der Waals surface area contributed by atoms with Crippen molar-refractivity contribution in [3.63, 3.8) is 0 Å². The Hall–Kier alpha value is -1.62. The number of esters is 1. The fourth-order valence-corrected chi connectivity index (χ4v) is 1.66. The number of methoxy groups -OCH3 is 1. The molecule has 0 heterocycles. The molecule has 0 fully saturated rings. The lowest BCUT2D eigenvalue weighted by Gasteiger charge is -2.17. The third-order valence-corrected chi connectivity index (χ3v) is 2.62. The number of nitrogens with zero attached hydrogens (tertiary/aromatic N) is 1. The lowest BCUT2D eigenvalue weighted by Crippen LogP contribution is -2.33. The minimum Gasteiger partial charge on any atom is -0.468 e. The highest BCUT2D eigenvalue weighted by Crippen LogP contribution is 2.20. The molecule has 0 aliphatic heterocycles. The third kappa shape index (κ3) is 4.40. The Balaban J connectivity index is 2.43. The van der Waals surface area contributed by atoms with Crippen LogP contribution in [0, 0.1) is 5.92 Å². The van der Waals surface area contributed by atoms with Crippen LogP contribution in [0.15, 0.2) is 28.9 Å². The van der Waals surface area contributed by atoms with E-state index in [4.69, 9.17) is 5.73 Å². The zero-order chi connectivity index (χ0) is 12.7. The van der Waals surface area contributed by atoms with Crippen LogP contribution in [0.5, 0.6) is 0 Å². The van der Waals surface area contributed by atoms with E-state index in [-0.39, 0.29) is 11.9 Å². The van der Waals surface area contributed by atoms with Crippen molar-refractivity contribution in [2.75, 3.05) is 14.2 Å². The molecule has 5 nitrogen and oxygen atoms in total. The van der Waals surface area contributed by atoms with Crippen LogP contribution in [0.4, 0.5) is 0 Å². The SMILES string of the molecule is CN/N=C/C1=CCC(C[C@H](N)C(=O)OC)C=C1. The van der Waals surface area contributed by atoms with Gasteiger partial charge in [-0.25, -0.2) is 0 Å². The molecule has 17 heavy (non-hydrogen) atoms. The molecule has 94 valence electrons. The normalized spacial score (nSPS) is 21.1. The summed E-state index contributed by atoms with van der Waals surface area (Å²) in [6, 6.07) is -0.546. The fraction of sp³-hybridized carbons (Fsp3) is 0.500.